The molecule has 0 spiro atoms. The lowest BCUT2D eigenvalue weighted by atomic mass is 10.2. The summed E-state index contributed by atoms with van der Waals surface area (Å²) in [6.45, 7) is 0.198. The predicted molar refractivity (Wildman–Crippen MR) is 81.6 cm³/mol. The molecule has 9 heteroatoms. The van der Waals surface area contributed by atoms with Gasteiger partial charge in [-0.15, -0.1) is 0 Å². The monoisotopic (exact) mass is 348 g/mol. The van der Waals surface area contributed by atoms with Gasteiger partial charge in [-0.2, -0.15) is 5.10 Å². The Hall–Kier alpha value is -1.12. The molecule has 0 unspecified atom stereocenters. The third-order valence-electron chi connectivity index (χ3n) is 2.95. The number of nitrogens with two attached hydrogens (primary N) is 1. The second kappa shape index (κ2) is 6.33. The number of hydrogen-bond acceptors (Lipinski definition) is 4. The molecule has 0 aliphatic heterocycles. The molecule has 0 saturated heterocycles. The number of rotatable bonds is 5. The van der Waals surface area contributed by atoms with Gasteiger partial charge in [0, 0.05) is 24.8 Å². The van der Waals surface area contributed by atoms with Crippen LogP contribution in [0.25, 0.3) is 0 Å². The Balaban J connectivity index is 2.32. The molecule has 1 heterocycles. The van der Waals surface area contributed by atoms with Gasteiger partial charge in [0.1, 0.15) is 4.90 Å². The van der Waals surface area contributed by atoms with Crippen molar-refractivity contribution >= 4 is 33.2 Å². The van der Waals surface area contributed by atoms with E-state index in [9.17, 15) is 8.42 Å². The number of nitrogens with zero attached hydrogens (tertiary/aromatic N) is 2. The van der Waals surface area contributed by atoms with E-state index in [1.165, 1.54) is 6.07 Å². The first-order valence-electron chi connectivity index (χ1n) is 5.99. The minimum absolute atomic E-state index is 0.0828. The first kappa shape index (κ1) is 16.3. The molecule has 114 valence electrons. The van der Waals surface area contributed by atoms with Crippen LogP contribution >= 0.6 is 23.2 Å². The van der Waals surface area contributed by atoms with Gasteiger partial charge < -0.3 is 5.73 Å². The Labute approximate surface area is 132 Å². The smallest absolute Gasteiger partial charge is 0.242 e. The first-order chi connectivity index (χ1) is 9.85. The average Bonchev–Trinajstić information content (AvgIpc) is 2.84. The van der Waals surface area contributed by atoms with Crippen LogP contribution in [0.1, 0.15) is 11.3 Å². The van der Waals surface area contributed by atoms with Crippen molar-refractivity contribution < 1.29 is 8.42 Å². The number of aromatic nitrogens is 2. The maximum Gasteiger partial charge on any atom is 0.242 e. The summed E-state index contributed by atoms with van der Waals surface area (Å²) in [4.78, 5) is -0.0840. The predicted octanol–water partition coefficient (Wildman–Crippen LogP) is 1.66. The van der Waals surface area contributed by atoms with E-state index in [1.807, 2.05) is 0 Å². The van der Waals surface area contributed by atoms with Crippen molar-refractivity contribution in [3.05, 3.63) is 45.7 Å². The van der Waals surface area contributed by atoms with Crippen LogP contribution < -0.4 is 10.5 Å². The van der Waals surface area contributed by atoms with E-state index in [2.05, 4.69) is 9.82 Å². The highest BCUT2D eigenvalue weighted by Crippen LogP contribution is 2.29. The van der Waals surface area contributed by atoms with E-state index in [0.717, 1.165) is 5.69 Å². The summed E-state index contributed by atoms with van der Waals surface area (Å²) in [5, 5.41) is 4.31. The second-order valence-corrected chi connectivity index (χ2v) is 6.90. The molecular formula is C12H14Cl2N4O2S. The van der Waals surface area contributed by atoms with Gasteiger partial charge in [-0.3, -0.25) is 4.68 Å². The zero-order valence-corrected chi connectivity index (χ0v) is 13.5. The molecule has 0 fully saturated rings. The molecule has 0 bridgehead atoms. The Morgan fingerprint density at radius 1 is 1.38 bits per heavy atom. The lowest BCUT2D eigenvalue weighted by molar-refractivity contribution is 0.577. The molecule has 1 aromatic heterocycles. The summed E-state index contributed by atoms with van der Waals surface area (Å²) >= 11 is 12.0. The fraction of sp³-hybridized carbons (Fsp3) is 0.250. The number of nitrogens with one attached hydrogen (secondary N) is 1. The normalized spacial score (nSPS) is 11.8. The Bertz CT molecular complexity index is 759. The number of halogens is 2. The lowest BCUT2D eigenvalue weighted by Gasteiger charge is -2.11. The van der Waals surface area contributed by atoms with Crippen LogP contribution in [-0.4, -0.2) is 18.2 Å². The molecule has 0 atom stereocenters. The average molecular weight is 349 g/mol. The standard InChI is InChI=1S/C12H14Cl2N4O2S/c1-18-10(2-3-16-18)7-17-21(19,20)11-5-9(13)4-8(6-15)12(11)14/h2-5,17H,6-7,15H2,1H3. The molecule has 3 N–H and O–H groups in total. The van der Waals surface area contributed by atoms with Crippen molar-refractivity contribution in [1.82, 2.24) is 14.5 Å². The highest BCUT2D eigenvalue weighted by atomic mass is 35.5. The summed E-state index contributed by atoms with van der Waals surface area (Å²) in [6, 6.07) is 4.56. The van der Waals surface area contributed by atoms with Crippen molar-refractivity contribution in [3.8, 4) is 0 Å². The topological polar surface area (TPSA) is 90.0 Å². The van der Waals surface area contributed by atoms with Crippen LogP contribution in [0.15, 0.2) is 29.3 Å². The summed E-state index contributed by atoms with van der Waals surface area (Å²) in [7, 11) is -2.08. The van der Waals surface area contributed by atoms with Crippen molar-refractivity contribution in [2.45, 2.75) is 18.0 Å². The quantitative estimate of drug-likeness (QED) is 0.859. The second-order valence-electron chi connectivity index (χ2n) is 4.35. The minimum atomic E-state index is -3.80. The van der Waals surface area contributed by atoms with Crippen molar-refractivity contribution in [1.29, 1.82) is 0 Å². The third kappa shape index (κ3) is 3.56. The van der Waals surface area contributed by atoms with Crippen LogP contribution in [0.4, 0.5) is 0 Å². The maximum atomic E-state index is 12.4. The van der Waals surface area contributed by atoms with Crippen LogP contribution in [0.3, 0.4) is 0 Å². The number of sulfonamides is 1. The van der Waals surface area contributed by atoms with Crippen LogP contribution in [0.5, 0.6) is 0 Å². The number of hydrogen-bond donors (Lipinski definition) is 2. The Morgan fingerprint density at radius 3 is 2.67 bits per heavy atom. The minimum Gasteiger partial charge on any atom is -0.326 e. The maximum absolute atomic E-state index is 12.4. The van der Waals surface area contributed by atoms with Crippen molar-refractivity contribution in [2.75, 3.05) is 0 Å². The summed E-state index contributed by atoms with van der Waals surface area (Å²) in [5.74, 6) is 0. The Kier molecular flexibility index (Phi) is 4.90. The fourth-order valence-electron chi connectivity index (χ4n) is 1.78. The molecule has 0 amide bonds. The largest absolute Gasteiger partial charge is 0.326 e. The molecule has 2 aromatic rings. The van der Waals surface area contributed by atoms with Crippen LogP contribution in [0, 0.1) is 0 Å². The zero-order chi connectivity index (χ0) is 15.6. The summed E-state index contributed by atoms with van der Waals surface area (Å²) in [5.41, 5.74) is 6.73. The third-order valence-corrected chi connectivity index (χ3v) is 5.16. The molecule has 0 aliphatic carbocycles. The van der Waals surface area contributed by atoms with Gasteiger partial charge in [-0.05, 0) is 23.8 Å². The molecule has 1 aromatic carbocycles. The fourth-order valence-corrected chi connectivity index (χ4v) is 3.72. The van der Waals surface area contributed by atoms with Gasteiger partial charge in [-0.1, -0.05) is 23.2 Å². The highest BCUT2D eigenvalue weighted by molar-refractivity contribution is 7.89. The number of benzene rings is 1. The van der Waals surface area contributed by atoms with E-state index in [-0.39, 0.29) is 28.0 Å². The van der Waals surface area contributed by atoms with E-state index in [0.29, 0.717) is 5.56 Å². The van der Waals surface area contributed by atoms with E-state index >= 15 is 0 Å². The molecule has 0 radical (unpaired) electrons. The van der Waals surface area contributed by atoms with E-state index < -0.39 is 10.0 Å². The van der Waals surface area contributed by atoms with Crippen LogP contribution in [0.2, 0.25) is 10.0 Å². The highest BCUT2D eigenvalue weighted by Gasteiger charge is 2.21. The first-order valence-corrected chi connectivity index (χ1v) is 8.23. The van der Waals surface area contributed by atoms with Gasteiger partial charge in [0.05, 0.1) is 17.3 Å². The van der Waals surface area contributed by atoms with Crippen LogP contribution in [-0.2, 0) is 30.2 Å². The molecule has 6 nitrogen and oxygen atoms in total. The molecule has 21 heavy (non-hydrogen) atoms. The molecule has 0 aliphatic rings. The van der Waals surface area contributed by atoms with Gasteiger partial charge in [0.25, 0.3) is 0 Å². The summed E-state index contributed by atoms with van der Waals surface area (Å²) < 4.78 is 28.8. The van der Waals surface area contributed by atoms with Crippen molar-refractivity contribution in [2.24, 2.45) is 12.8 Å². The molecular weight excluding hydrogens is 335 g/mol. The molecule has 2 rings (SSSR count). The van der Waals surface area contributed by atoms with E-state index in [1.54, 1.807) is 30.1 Å². The van der Waals surface area contributed by atoms with E-state index in [4.69, 9.17) is 28.9 Å². The van der Waals surface area contributed by atoms with Gasteiger partial charge >= 0.3 is 0 Å². The number of aryl methyl sites for hydroxylation is 1. The van der Waals surface area contributed by atoms with Crippen molar-refractivity contribution in [3.63, 3.8) is 0 Å². The van der Waals surface area contributed by atoms with Gasteiger partial charge in [-0.25, -0.2) is 13.1 Å². The SMILES string of the molecule is Cn1nccc1CNS(=O)(=O)c1cc(Cl)cc(CN)c1Cl. The summed E-state index contributed by atoms with van der Waals surface area (Å²) in [6.07, 6.45) is 1.59. The zero-order valence-electron chi connectivity index (χ0n) is 11.2. The van der Waals surface area contributed by atoms with Gasteiger partial charge in [0.15, 0.2) is 0 Å². The molecule has 0 saturated carbocycles. The Morgan fingerprint density at radius 2 is 2.10 bits per heavy atom. The lowest BCUT2D eigenvalue weighted by Crippen LogP contribution is -2.25. The van der Waals surface area contributed by atoms with Gasteiger partial charge in [0.2, 0.25) is 10.0 Å².